The van der Waals surface area contributed by atoms with E-state index in [1.54, 1.807) is 11.0 Å². The van der Waals surface area contributed by atoms with Crippen molar-refractivity contribution in [3.05, 3.63) is 30.1 Å². The highest BCUT2D eigenvalue weighted by Crippen LogP contribution is 2.24. The molecule has 0 saturated carbocycles. The zero-order valence-electron chi connectivity index (χ0n) is 12.6. The second-order valence-corrected chi connectivity index (χ2v) is 5.79. The highest BCUT2D eigenvalue weighted by atomic mass is 16.2. The number of carbonyl (C=O) groups is 1. The number of amides is 1. The molecule has 0 radical (unpaired) electrons. The van der Waals surface area contributed by atoms with Crippen LogP contribution < -0.4 is 0 Å². The van der Waals surface area contributed by atoms with Crippen molar-refractivity contribution in [1.82, 2.24) is 29.4 Å². The third-order valence-electron chi connectivity index (χ3n) is 3.91. The lowest BCUT2D eigenvalue weighted by Crippen LogP contribution is -2.53. The summed E-state index contributed by atoms with van der Waals surface area (Å²) in [6.07, 6.45) is 3.12. The fourth-order valence-electron chi connectivity index (χ4n) is 2.80. The number of hydrogen-bond donors (Lipinski definition) is 0. The predicted molar refractivity (Wildman–Crippen MR) is 76.5 cm³/mol. The van der Waals surface area contributed by atoms with Gasteiger partial charge in [0.2, 0.25) is 5.91 Å². The Hall–Kier alpha value is -2.18. The van der Waals surface area contributed by atoms with E-state index in [0.717, 1.165) is 24.5 Å². The predicted octanol–water partition coefficient (Wildman–Crippen LogP) is 0.811. The molecule has 1 unspecified atom stereocenters. The van der Waals surface area contributed by atoms with Crippen molar-refractivity contribution in [3.8, 4) is 0 Å². The molecule has 1 amide bonds. The van der Waals surface area contributed by atoms with E-state index in [-0.39, 0.29) is 11.8 Å². The Morgan fingerprint density at radius 2 is 2.19 bits per heavy atom. The highest BCUT2D eigenvalue weighted by molar-refractivity contribution is 5.79. The van der Waals surface area contributed by atoms with Gasteiger partial charge in [0, 0.05) is 18.8 Å². The molecule has 2 aromatic heterocycles. The Kier molecular flexibility index (Phi) is 3.48. The molecule has 1 aliphatic rings. The van der Waals surface area contributed by atoms with Gasteiger partial charge in [0.05, 0.1) is 24.2 Å². The Morgan fingerprint density at radius 3 is 2.76 bits per heavy atom. The molecule has 21 heavy (non-hydrogen) atoms. The summed E-state index contributed by atoms with van der Waals surface area (Å²) < 4.78 is 3.72. The van der Waals surface area contributed by atoms with Gasteiger partial charge in [-0.3, -0.25) is 14.2 Å². The summed E-state index contributed by atoms with van der Waals surface area (Å²) in [6, 6.07) is 2.37. The lowest BCUT2D eigenvalue weighted by Gasteiger charge is -2.41. The fraction of sp³-hybridized carbons (Fsp3) is 0.571. The van der Waals surface area contributed by atoms with Gasteiger partial charge < -0.3 is 4.90 Å². The second-order valence-electron chi connectivity index (χ2n) is 5.79. The van der Waals surface area contributed by atoms with Gasteiger partial charge in [0.25, 0.3) is 0 Å². The van der Waals surface area contributed by atoms with E-state index in [1.807, 2.05) is 23.4 Å². The summed E-state index contributed by atoms with van der Waals surface area (Å²) in [5, 5.41) is 8.53. The van der Waals surface area contributed by atoms with Crippen LogP contribution >= 0.6 is 0 Å². The lowest BCUT2D eigenvalue weighted by molar-refractivity contribution is -0.141. The minimum Gasteiger partial charge on any atom is -0.338 e. The third-order valence-corrected chi connectivity index (χ3v) is 3.91. The SMILES string of the molecule is Cc1cc(C)n(C2CN(C(=O)C(C)Cn3cncn3)C2)n1. The minimum atomic E-state index is -0.0897. The molecule has 0 N–H and O–H groups in total. The number of hydrogen-bond acceptors (Lipinski definition) is 4. The number of aryl methyl sites for hydroxylation is 2. The zero-order valence-corrected chi connectivity index (χ0v) is 12.6. The number of nitrogens with zero attached hydrogens (tertiary/aromatic N) is 6. The molecule has 0 aromatic carbocycles. The number of carbonyl (C=O) groups excluding carboxylic acids is 1. The first-order chi connectivity index (χ1) is 10.0. The third kappa shape index (κ3) is 2.68. The van der Waals surface area contributed by atoms with Crippen LogP contribution in [0.15, 0.2) is 18.7 Å². The molecule has 0 spiro atoms. The van der Waals surface area contributed by atoms with E-state index in [9.17, 15) is 4.79 Å². The first-order valence-electron chi connectivity index (χ1n) is 7.18. The van der Waals surface area contributed by atoms with Crippen LogP contribution in [0.1, 0.15) is 24.4 Å². The summed E-state index contributed by atoms with van der Waals surface area (Å²) in [5.74, 6) is 0.0800. The Bertz CT molecular complexity index is 626. The van der Waals surface area contributed by atoms with E-state index in [2.05, 4.69) is 28.2 Å². The summed E-state index contributed by atoms with van der Waals surface area (Å²) >= 11 is 0. The Morgan fingerprint density at radius 1 is 1.43 bits per heavy atom. The summed E-state index contributed by atoms with van der Waals surface area (Å²) in [6.45, 7) is 8.02. The van der Waals surface area contributed by atoms with E-state index >= 15 is 0 Å². The number of rotatable bonds is 4. The highest BCUT2D eigenvalue weighted by Gasteiger charge is 2.35. The van der Waals surface area contributed by atoms with E-state index in [4.69, 9.17) is 0 Å². The van der Waals surface area contributed by atoms with E-state index in [0.29, 0.717) is 12.6 Å². The van der Waals surface area contributed by atoms with Gasteiger partial charge in [0.15, 0.2) is 0 Å². The number of aromatic nitrogens is 5. The number of likely N-dealkylation sites (tertiary alicyclic amines) is 1. The molecule has 1 atom stereocenters. The molecule has 7 heteroatoms. The van der Waals surface area contributed by atoms with Gasteiger partial charge in [-0.25, -0.2) is 4.98 Å². The van der Waals surface area contributed by atoms with Crippen LogP contribution in [0.2, 0.25) is 0 Å². The first-order valence-corrected chi connectivity index (χ1v) is 7.18. The standard InChI is InChI=1S/C14H20N6O/c1-10(5-19-9-15-8-16-19)14(21)18-6-13(7-18)20-12(3)4-11(2)17-20/h4,8-10,13H,5-7H2,1-3H3. The largest absolute Gasteiger partial charge is 0.338 e. The van der Waals surface area contributed by atoms with Crippen LogP contribution in [-0.2, 0) is 11.3 Å². The topological polar surface area (TPSA) is 68.8 Å². The maximum absolute atomic E-state index is 12.4. The van der Waals surface area contributed by atoms with Crippen molar-refractivity contribution in [3.63, 3.8) is 0 Å². The van der Waals surface area contributed by atoms with Gasteiger partial charge in [-0.05, 0) is 19.9 Å². The molecule has 3 heterocycles. The van der Waals surface area contributed by atoms with E-state index < -0.39 is 0 Å². The van der Waals surface area contributed by atoms with E-state index in [1.165, 1.54) is 6.33 Å². The van der Waals surface area contributed by atoms with Crippen molar-refractivity contribution in [2.45, 2.75) is 33.4 Å². The molecule has 1 saturated heterocycles. The van der Waals surface area contributed by atoms with Crippen LogP contribution in [0.3, 0.4) is 0 Å². The quantitative estimate of drug-likeness (QED) is 0.835. The van der Waals surface area contributed by atoms with Crippen LogP contribution in [0, 0.1) is 19.8 Å². The normalized spacial score (nSPS) is 16.8. The monoisotopic (exact) mass is 288 g/mol. The van der Waals surface area contributed by atoms with Gasteiger partial charge in [0.1, 0.15) is 12.7 Å². The first kappa shape index (κ1) is 13.8. The van der Waals surface area contributed by atoms with Crippen LogP contribution in [0.25, 0.3) is 0 Å². The smallest absolute Gasteiger partial charge is 0.227 e. The van der Waals surface area contributed by atoms with Crippen molar-refractivity contribution in [1.29, 1.82) is 0 Å². The van der Waals surface area contributed by atoms with Gasteiger partial charge >= 0.3 is 0 Å². The molecular weight excluding hydrogens is 268 g/mol. The van der Waals surface area contributed by atoms with Crippen molar-refractivity contribution in [2.24, 2.45) is 5.92 Å². The Labute approximate surface area is 123 Å². The average Bonchev–Trinajstić information content (AvgIpc) is 2.98. The molecule has 1 fully saturated rings. The minimum absolute atomic E-state index is 0.0897. The van der Waals surface area contributed by atoms with Gasteiger partial charge in [-0.1, -0.05) is 6.92 Å². The maximum Gasteiger partial charge on any atom is 0.227 e. The average molecular weight is 288 g/mol. The molecule has 1 aliphatic heterocycles. The fourth-order valence-corrected chi connectivity index (χ4v) is 2.80. The maximum atomic E-state index is 12.4. The lowest BCUT2D eigenvalue weighted by atomic mass is 10.0. The summed E-state index contributed by atoms with van der Waals surface area (Å²) in [5.41, 5.74) is 2.18. The molecule has 2 aromatic rings. The van der Waals surface area contributed by atoms with Crippen LogP contribution in [0.5, 0.6) is 0 Å². The second kappa shape index (κ2) is 5.31. The molecule has 7 nitrogen and oxygen atoms in total. The zero-order chi connectivity index (χ0) is 15.0. The molecule has 0 bridgehead atoms. The summed E-state index contributed by atoms with van der Waals surface area (Å²) in [4.78, 5) is 18.1. The Balaban J connectivity index is 1.55. The van der Waals surface area contributed by atoms with Crippen molar-refractivity contribution >= 4 is 5.91 Å². The molecule has 3 rings (SSSR count). The van der Waals surface area contributed by atoms with Crippen molar-refractivity contribution < 1.29 is 4.79 Å². The molecule has 112 valence electrons. The van der Waals surface area contributed by atoms with Gasteiger partial charge in [-0.2, -0.15) is 10.2 Å². The van der Waals surface area contributed by atoms with Crippen molar-refractivity contribution in [2.75, 3.05) is 13.1 Å². The molecule has 0 aliphatic carbocycles. The van der Waals surface area contributed by atoms with Crippen LogP contribution in [-0.4, -0.2) is 48.4 Å². The molecular formula is C14H20N6O. The van der Waals surface area contributed by atoms with Gasteiger partial charge in [-0.15, -0.1) is 0 Å². The summed E-state index contributed by atoms with van der Waals surface area (Å²) in [7, 11) is 0. The van der Waals surface area contributed by atoms with Crippen LogP contribution in [0.4, 0.5) is 0 Å².